The van der Waals surface area contributed by atoms with E-state index in [-0.39, 0.29) is 28.3 Å². The number of benzene rings is 3. The number of para-hydroxylation sites is 1. The third-order valence-electron chi connectivity index (χ3n) is 11.1. The Hall–Kier alpha value is -5.50. The van der Waals surface area contributed by atoms with Gasteiger partial charge in [0.05, 0.1) is 6.20 Å². The fraction of sp³-hybridized carbons (Fsp3) is 0.225. The Morgan fingerprint density at radius 1 is 1.00 bits per heavy atom. The van der Waals surface area contributed by atoms with Gasteiger partial charge in [0.2, 0.25) is 17.7 Å². The van der Waals surface area contributed by atoms with E-state index < -0.39 is 39.7 Å². The minimum Gasteiger partial charge on any atom is -0.469 e. The molecule has 0 saturated carbocycles. The van der Waals surface area contributed by atoms with Crippen LogP contribution in [-0.2, 0) is 33.1 Å². The van der Waals surface area contributed by atoms with Crippen LogP contribution in [0.15, 0.2) is 97.4 Å². The highest BCUT2D eigenvalue weighted by Crippen LogP contribution is 2.61. The van der Waals surface area contributed by atoms with Gasteiger partial charge < -0.3 is 24.2 Å². The molecule has 1 amide bonds. The smallest absolute Gasteiger partial charge is 0.250 e. The van der Waals surface area contributed by atoms with Crippen molar-refractivity contribution in [2.24, 2.45) is 5.92 Å². The number of amides is 1. The second-order valence-electron chi connectivity index (χ2n) is 14.5. The van der Waals surface area contributed by atoms with Crippen LogP contribution in [0.1, 0.15) is 65.1 Å². The summed E-state index contributed by atoms with van der Waals surface area (Å²) in [4.78, 5) is 24.2. The molecule has 13 heteroatoms. The number of nitrogens with one attached hydrogen (secondary N) is 3. The van der Waals surface area contributed by atoms with Gasteiger partial charge in [-0.1, -0.05) is 74.5 Å². The van der Waals surface area contributed by atoms with Gasteiger partial charge in [-0.05, 0) is 58.5 Å². The summed E-state index contributed by atoms with van der Waals surface area (Å²) in [5.74, 6) is 1.57. The van der Waals surface area contributed by atoms with Crippen LogP contribution in [-0.4, -0.2) is 36.6 Å². The molecule has 4 aliphatic heterocycles. The molecule has 0 fully saturated rings. The molecule has 53 heavy (non-hydrogen) atoms. The van der Waals surface area contributed by atoms with Crippen molar-refractivity contribution < 1.29 is 26.8 Å². The first-order chi connectivity index (χ1) is 25.7. The molecule has 5 aliphatic rings. The first-order valence-electron chi connectivity index (χ1n) is 17.6. The van der Waals surface area contributed by atoms with Gasteiger partial charge in [0.15, 0.2) is 23.4 Å². The van der Waals surface area contributed by atoms with Crippen LogP contribution in [0.2, 0.25) is 0 Å². The topological polar surface area (TPSA) is 149 Å². The molecule has 6 aromatic rings. The predicted octanol–water partition coefficient (Wildman–Crippen LogP) is 6.55. The van der Waals surface area contributed by atoms with Crippen LogP contribution in [0.25, 0.3) is 28.3 Å². The third kappa shape index (κ3) is 4.23. The van der Waals surface area contributed by atoms with Crippen molar-refractivity contribution in [2.45, 2.75) is 54.6 Å². The molecule has 2 unspecified atom stereocenters. The normalized spacial score (nSPS) is 22.9. The number of thiophene rings is 1. The summed E-state index contributed by atoms with van der Waals surface area (Å²) in [7, 11) is -4.01. The van der Waals surface area contributed by atoms with Crippen LogP contribution < -0.4 is 20.1 Å². The zero-order chi connectivity index (χ0) is 35.8. The first-order valence-corrected chi connectivity index (χ1v) is 19.9. The van der Waals surface area contributed by atoms with Crippen molar-refractivity contribution in [3.63, 3.8) is 0 Å². The predicted molar refractivity (Wildman–Crippen MR) is 197 cm³/mol. The van der Waals surface area contributed by atoms with Gasteiger partial charge >= 0.3 is 0 Å². The summed E-state index contributed by atoms with van der Waals surface area (Å²) in [6, 6.07) is 19.8. The average molecular weight is 742 g/mol. The van der Waals surface area contributed by atoms with Crippen molar-refractivity contribution in [3.8, 4) is 28.5 Å². The number of allylic oxidation sites excluding steroid dienone is 1. The van der Waals surface area contributed by atoms with Gasteiger partial charge in [0.1, 0.15) is 27.5 Å². The van der Waals surface area contributed by atoms with Crippen molar-refractivity contribution >= 4 is 38.5 Å². The van der Waals surface area contributed by atoms with E-state index in [0.717, 1.165) is 62.4 Å². The van der Waals surface area contributed by atoms with Gasteiger partial charge in [-0.3, -0.25) is 4.79 Å². The van der Waals surface area contributed by atoms with Crippen LogP contribution in [0, 0.1) is 5.92 Å². The summed E-state index contributed by atoms with van der Waals surface area (Å²) < 4.78 is 50.4. The molecule has 264 valence electrons. The van der Waals surface area contributed by atoms with Crippen LogP contribution in [0.5, 0.6) is 5.75 Å². The third-order valence-corrected chi connectivity index (χ3v) is 14.0. The Bertz CT molecular complexity index is 2690. The lowest BCUT2D eigenvalue weighted by molar-refractivity contribution is -0.124. The number of carbonyl (C=O) groups is 1. The van der Waals surface area contributed by atoms with Gasteiger partial charge in [0.25, 0.3) is 10.0 Å². The monoisotopic (exact) mass is 741 g/mol. The van der Waals surface area contributed by atoms with E-state index in [2.05, 4.69) is 57.8 Å². The molecule has 0 saturated heterocycles. The van der Waals surface area contributed by atoms with Gasteiger partial charge in [-0.2, -0.15) is 4.72 Å². The summed E-state index contributed by atoms with van der Waals surface area (Å²) in [6.07, 6.45) is 4.13. The molecule has 3 aromatic heterocycles. The van der Waals surface area contributed by atoms with E-state index in [1.54, 1.807) is 17.6 Å². The molecular weight excluding hydrogens is 711 g/mol. The van der Waals surface area contributed by atoms with E-state index in [4.69, 9.17) is 23.5 Å². The Morgan fingerprint density at radius 3 is 2.72 bits per heavy atom. The maximum atomic E-state index is 14.2. The zero-order valence-electron chi connectivity index (χ0n) is 28.5. The summed E-state index contributed by atoms with van der Waals surface area (Å²) >= 11 is 1.09. The number of rotatable bonds is 4. The van der Waals surface area contributed by atoms with Crippen molar-refractivity contribution in [3.05, 3.63) is 130 Å². The molecule has 11 rings (SSSR count). The minimum atomic E-state index is -4.01. The maximum absolute atomic E-state index is 14.2. The quantitative estimate of drug-likeness (QED) is 0.183. The van der Waals surface area contributed by atoms with E-state index >= 15 is 0 Å². The molecule has 4 atom stereocenters. The van der Waals surface area contributed by atoms with Gasteiger partial charge in [0, 0.05) is 28.0 Å². The number of anilines is 1. The second-order valence-corrected chi connectivity index (χ2v) is 17.4. The highest BCUT2D eigenvalue weighted by Gasteiger charge is 2.61. The Kier molecular flexibility index (Phi) is 6.32. The summed E-state index contributed by atoms with van der Waals surface area (Å²) in [5, 5.41) is 8.57. The highest BCUT2D eigenvalue weighted by atomic mass is 32.2. The summed E-state index contributed by atoms with van der Waals surface area (Å²) in [6.45, 7) is 3.91. The zero-order valence-corrected chi connectivity index (χ0v) is 30.1. The van der Waals surface area contributed by atoms with Gasteiger partial charge in [-0.25, -0.2) is 18.4 Å². The fourth-order valence-corrected chi connectivity index (χ4v) is 10.9. The van der Waals surface area contributed by atoms with Crippen LogP contribution in [0.3, 0.4) is 0 Å². The number of ether oxygens (including phenoxy) is 1. The fourth-order valence-electron chi connectivity index (χ4n) is 8.74. The number of hydrogen-bond donors (Lipinski definition) is 3. The molecule has 0 radical (unpaired) electrons. The molecule has 10 bridgehead atoms. The molecule has 3 aromatic carbocycles. The second kappa shape index (κ2) is 10.8. The number of aromatic nitrogens is 2. The van der Waals surface area contributed by atoms with Crippen LogP contribution in [0.4, 0.5) is 5.69 Å². The Balaban J connectivity index is 1.21. The maximum Gasteiger partial charge on any atom is 0.250 e. The van der Waals surface area contributed by atoms with E-state index in [1.807, 2.05) is 32.0 Å². The number of nitrogens with zero attached hydrogens (tertiary/aromatic N) is 2. The van der Waals surface area contributed by atoms with Crippen molar-refractivity contribution in [2.75, 3.05) is 5.32 Å². The summed E-state index contributed by atoms with van der Waals surface area (Å²) in [5.41, 5.74) is 8.08. The molecule has 1 aliphatic carbocycles. The van der Waals surface area contributed by atoms with E-state index in [1.165, 1.54) is 11.6 Å². The molecule has 1 spiro atoms. The van der Waals surface area contributed by atoms with Crippen molar-refractivity contribution in [1.82, 2.24) is 20.0 Å². The largest absolute Gasteiger partial charge is 0.469 e. The SMILES string of the molecule is CC(C)[C@@H]1NC(=O)C(NS(=O)(=O)c2cccs2)Cc2ccc3c(c2)C24c5cccc(c5N[C@H]2O3)-c2cccc3c2C(=CC3)c2cnc(o2)-c2nc1oc24. The Morgan fingerprint density at radius 2 is 1.87 bits per heavy atom. The molecule has 11 nitrogen and oxygen atoms in total. The van der Waals surface area contributed by atoms with Gasteiger partial charge in [-0.15, -0.1) is 11.3 Å². The highest BCUT2D eigenvalue weighted by molar-refractivity contribution is 7.91. The standard InChI is InChI=1S/C40H31N5O6S2/c1-19(2)32-38-43-34-35(51-38)40-25-9-4-8-23(22-7-3-6-21-12-13-24(31(21)22)29-18-41-37(34)49-29)33(25)44-39(40)50-28-14-11-20(16-26(28)40)17-27(36(46)42-32)45-53(47,48)30-10-5-15-52-30/h3-11,13-16,18-19,27,32,39,44-45H,12,17H2,1-2H3,(H,42,46)/t27?,32-,39-,40?/m0/s1. The molecule has 7 heterocycles. The van der Waals surface area contributed by atoms with E-state index in [0.29, 0.717) is 23.0 Å². The number of oxazole rings is 2. The van der Waals surface area contributed by atoms with E-state index in [9.17, 15) is 13.2 Å². The average Bonchev–Trinajstić information content (AvgIpc) is 3.99. The lowest BCUT2D eigenvalue weighted by Crippen LogP contribution is -2.49. The lowest BCUT2D eigenvalue weighted by Gasteiger charge is -2.28. The first kappa shape index (κ1) is 31.1. The number of carbonyl (C=O) groups excluding carboxylic acids is 1. The molecule has 3 N–H and O–H groups in total. The lowest BCUT2D eigenvalue weighted by atomic mass is 9.72. The minimum absolute atomic E-state index is 0.0865. The number of hydrogen-bond acceptors (Lipinski definition) is 10. The van der Waals surface area contributed by atoms with Crippen molar-refractivity contribution in [1.29, 1.82) is 0 Å². The molecular formula is C40H31N5O6S2. The Labute approximate surface area is 308 Å². The number of sulfonamides is 1. The van der Waals surface area contributed by atoms with Crippen LogP contribution >= 0.6 is 11.3 Å². The number of fused-ring (bicyclic) bond motifs is 7.